The Bertz CT molecular complexity index is 848. The van der Waals surface area contributed by atoms with Crippen molar-refractivity contribution < 1.29 is 4.79 Å². The van der Waals surface area contributed by atoms with E-state index in [0.717, 1.165) is 5.69 Å². The van der Waals surface area contributed by atoms with Crippen LogP contribution < -0.4 is 10.9 Å². The summed E-state index contributed by atoms with van der Waals surface area (Å²) in [5.41, 5.74) is 1.03. The maximum Gasteiger partial charge on any atom is 0.260 e. The first kappa shape index (κ1) is 12.2. The normalized spacial score (nSPS) is 10.7. The Kier molecular flexibility index (Phi) is 2.83. The van der Waals surface area contributed by atoms with Gasteiger partial charge in [-0.05, 0) is 13.0 Å². The summed E-state index contributed by atoms with van der Waals surface area (Å²) in [6.45, 7) is 1.85. The first-order chi connectivity index (χ1) is 9.65. The number of imidazole rings is 1. The number of nitrogens with one attached hydrogen (secondary N) is 3. The van der Waals surface area contributed by atoms with Crippen LogP contribution >= 0.6 is 0 Å². The lowest BCUT2D eigenvalue weighted by Crippen LogP contribution is -2.16. The molecule has 0 aliphatic rings. The number of rotatable bonds is 2. The molecule has 0 saturated carbocycles. The van der Waals surface area contributed by atoms with Crippen molar-refractivity contribution in [2.24, 2.45) is 0 Å². The van der Waals surface area contributed by atoms with E-state index in [4.69, 9.17) is 0 Å². The van der Waals surface area contributed by atoms with Crippen molar-refractivity contribution >= 4 is 22.6 Å². The van der Waals surface area contributed by atoms with E-state index < -0.39 is 0 Å². The summed E-state index contributed by atoms with van der Waals surface area (Å²) in [6.07, 6.45) is 3.04. The number of aryl methyl sites for hydroxylation is 1. The minimum Gasteiger partial charge on any atom is -0.328 e. The second-order valence-electron chi connectivity index (χ2n) is 4.45. The zero-order valence-corrected chi connectivity index (χ0v) is 10.7. The zero-order chi connectivity index (χ0) is 14.1. The molecule has 0 saturated heterocycles. The fourth-order valence-corrected chi connectivity index (χ4v) is 2.05. The largest absolute Gasteiger partial charge is 0.328 e. The number of pyridine rings is 1. The summed E-state index contributed by atoms with van der Waals surface area (Å²) in [5, 5.41) is 3.75. The van der Waals surface area contributed by atoms with Crippen molar-refractivity contribution in [3.63, 3.8) is 0 Å². The first-order valence-corrected chi connectivity index (χ1v) is 6.08. The molecule has 3 N–H and O–H groups in total. The van der Waals surface area contributed by atoms with Gasteiger partial charge in [-0.25, -0.2) is 4.98 Å². The van der Waals surface area contributed by atoms with Gasteiger partial charge in [-0.2, -0.15) is 0 Å². The number of fused-ring (bicyclic) bond motifs is 1. The van der Waals surface area contributed by atoms with Gasteiger partial charge in [0.25, 0.3) is 11.5 Å². The number of carbonyl (C=O) groups is 1. The number of H-pyrrole nitrogens is 2. The molecule has 1 aromatic carbocycles. The Balaban J connectivity index is 2.04. The van der Waals surface area contributed by atoms with E-state index in [1.165, 1.54) is 6.20 Å². The molecule has 6 nitrogen and oxygen atoms in total. The molecule has 0 radical (unpaired) electrons. The molecular formula is C14H12N4O2. The summed E-state index contributed by atoms with van der Waals surface area (Å²) in [6, 6.07) is 6.97. The van der Waals surface area contributed by atoms with Crippen LogP contribution in [0.25, 0.3) is 10.8 Å². The Morgan fingerprint density at radius 2 is 2.00 bits per heavy atom. The molecule has 20 heavy (non-hydrogen) atoms. The van der Waals surface area contributed by atoms with Crippen LogP contribution in [-0.2, 0) is 0 Å². The van der Waals surface area contributed by atoms with Crippen LogP contribution in [0.5, 0.6) is 0 Å². The second kappa shape index (κ2) is 4.65. The predicted octanol–water partition coefficient (Wildman–Crippen LogP) is 1.81. The average Bonchev–Trinajstić information content (AvgIpc) is 2.84. The standard InChI is InChI=1S/C14H12N4O2/c1-8-6-16-14(17-8)18-13(20)11-7-15-12(19)10-5-3-2-4-9(10)11/h2-7H,1H3,(H,15,19)(H2,16,17,18,20). The lowest BCUT2D eigenvalue weighted by Gasteiger charge is -2.05. The molecule has 0 aliphatic carbocycles. The number of nitrogens with zero attached hydrogens (tertiary/aromatic N) is 1. The highest BCUT2D eigenvalue weighted by Gasteiger charge is 2.13. The highest BCUT2D eigenvalue weighted by molar-refractivity contribution is 6.11. The lowest BCUT2D eigenvalue weighted by atomic mass is 10.1. The Morgan fingerprint density at radius 3 is 2.70 bits per heavy atom. The Morgan fingerprint density at radius 1 is 1.25 bits per heavy atom. The molecule has 1 amide bonds. The van der Waals surface area contributed by atoms with Crippen LogP contribution in [0.1, 0.15) is 16.1 Å². The molecule has 0 aliphatic heterocycles. The highest BCUT2D eigenvalue weighted by atomic mass is 16.2. The minimum atomic E-state index is -0.327. The third-order valence-electron chi connectivity index (χ3n) is 2.99. The molecule has 0 spiro atoms. The van der Waals surface area contributed by atoms with Gasteiger partial charge in [0.05, 0.1) is 5.56 Å². The van der Waals surface area contributed by atoms with E-state index >= 15 is 0 Å². The topological polar surface area (TPSA) is 90.6 Å². The summed E-state index contributed by atoms with van der Waals surface area (Å²) >= 11 is 0. The van der Waals surface area contributed by atoms with E-state index in [1.807, 2.05) is 6.92 Å². The molecule has 0 fully saturated rings. The van der Waals surface area contributed by atoms with Crippen molar-refractivity contribution in [1.82, 2.24) is 15.0 Å². The van der Waals surface area contributed by atoms with Gasteiger partial charge < -0.3 is 9.97 Å². The molecule has 3 rings (SSSR count). The van der Waals surface area contributed by atoms with Gasteiger partial charge in [0.15, 0.2) is 0 Å². The third-order valence-corrected chi connectivity index (χ3v) is 2.99. The third kappa shape index (κ3) is 2.07. The fraction of sp³-hybridized carbons (Fsp3) is 0.0714. The number of amides is 1. The molecule has 0 unspecified atom stereocenters. The monoisotopic (exact) mass is 268 g/mol. The van der Waals surface area contributed by atoms with Crippen molar-refractivity contribution in [3.05, 3.63) is 58.3 Å². The quantitative estimate of drug-likeness (QED) is 0.662. The van der Waals surface area contributed by atoms with Crippen molar-refractivity contribution in [3.8, 4) is 0 Å². The van der Waals surface area contributed by atoms with Gasteiger partial charge in [0, 0.05) is 28.9 Å². The van der Waals surface area contributed by atoms with Crippen molar-refractivity contribution in [2.75, 3.05) is 5.32 Å². The molecule has 3 aromatic rings. The molecule has 100 valence electrons. The van der Waals surface area contributed by atoms with Gasteiger partial charge in [-0.3, -0.25) is 14.9 Å². The Labute approximate surface area is 113 Å². The molecule has 2 aromatic heterocycles. The van der Waals surface area contributed by atoms with Crippen molar-refractivity contribution in [1.29, 1.82) is 0 Å². The number of anilines is 1. The number of benzene rings is 1. The number of carbonyl (C=O) groups excluding carboxylic acids is 1. The summed E-state index contributed by atoms with van der Waals surface area (Å²) in [7, 11) is 0. The molecular weight excluding hydrogens is 256 g/mol. The summed E-state index contributed by atoms with van der Waals surface area (Å²) in [4.78, 5) is 33.5. The van der Waals surface area contributed by atoms with Gasteiger partial charge in [-0.1, -0.05) is 18.2 Å². The van der Waals surface area contributed by atoms with Crippen LogP contribution in [-0.4, -0.2) is 20.9 Å². The SMILES string of the molecule is Cc1cnc(NC(=O)c2c[nH]c(=O)c3ccccc23)[nH]1. The lowest BCUT2D eigenvalue weighted by molar-refractivity contribution is 0.102. The van der Waals surface area contributed by atoms with Crippen LogP contribution in [0.4, 0.5) is 5.95 Å². The smallest absolute Gasteiger partial charge is 0.260 e. The number of hydrogen-bond acceptors (Lipinski definition) is 3. The summed E-state index contributed by atoms with van der Waals surface area (Å²) < 4.78 is 0. The van der Waals surface area contributed by atoms with Gasteiger partial charge in [0.1, 0.15) is 0 Å². The first-order valence-electron chi connectivity index (χ1n) is 6.08. The zero-order valence-electron chi connectivity index (χ0n) is 10.7. The van der Waals surface area contributed by atoms with Crippen LogP contribution in [0.15, 0.2) is 41.5 Å². The number of hydrogen-bond donors (Lipinski definition) is 3. The Hall–Kier alpha value is -2.89. The predicted molar refractivity (Wildman–Crippen MR) is 75.8 cm³/mol. The second-order valence-corrected chi connectivity index (χ2v) is 4.45. The maximum atomic E-state index is 12.3. The molecule has 2 heterocycles. The van der Waals surface area contributed by atoms with Crippen molar-refractivity contribution in [2.45, 2.75) is 6.92 Å². The van der Waals surface area contributed by atoms with Gasteiger partial charge in [0.2, 0.25) is 5.95 Å². The van der Waals surface area contributed by atoms with E-state index in [9.17, 15) is 9.59 Å². The van der Waals surface area contributed by atoms with Crippen LogP contribution in [0, 0.1) is 6.92 Å². The minimum absolute atomic E-state index is 0.217. The fourth-order valence-electron chi connectivity index (χ4n) is 2.05. The highest BCUT2D eigenvalue weighted by Crippen LogP contribution is 2.15. The van der Waals surface area contributed by atoms with Gasteiger partial charge >= 0.3 is 0 Å². The molecule has 0 atom stereocenters. The average molecular weight is 268 g/mol. The van der Waals surface area contributed by atoms with Gasteiger partial charge in [-0.15, -0.1) is 0 Å². The molecule has 0 bridgehead atoms. The van der Waals surface area contributed by atoms with E-state index in [-0.39, 0.29) is 11.5 Å². The van der Waals surface area contributed by atoms with Crippen LogP contribution in [0.2, 0.25) is 0 Å². The van der Waals surface area contributed by atoms with E-state index in [1.54, 1.807) is 30.5 Å². The number of aromatic nitrogens is 3. The molecule has 6 heteroatoms. The van der Waals surface area contributed by atoms with Crippen LogP contribution in [0.3, 0.4) is 0 Å². The summed E-state index contributed by atoms with van der Waals surface area (Å²) in [5.74, 6) is 0.0505. The van der Waals surface area contributed by atoms with E-state index in [0.29, 0.717) is 22.3 Å². The maximum absolute atomic E-state index is 12.3. The number of aromatic amines is 2. The van der Waals surface area contributed by atoms with E-state index in [2.05, 4.69) is 20.3 Å².